The second-order valence-electron chi connectivity index (χ2n) is 3.95. The molecule has 70 valence electrons. The first kappa shape index (κ1) is 9.71. The quantitative estimate of drug-likeness (QED) is 0.709. The van der Waals surface area contributed by atoms with E-state index >= 15 is 0 Å². The first-order valence-electron chi connectivity index (χ1n) is 4.21. The van der Waals surface area contributed by atoms with Gasteiger partial charge in [0.05, 0.1) is 5.56 Å². The number of nitrogens with zero attached hydrogens (tertiary/aromatic N) is 1. The van der Waals surface area contributed by atoms with E-state index < -0.39 is 0 Å². The van der Waals surface area contributed by atoms with Crippen LogP contribution in [0.5, 0.6) is 0 Å². The van der Waals surface area contributed by atoms with Gasteiger partial charge in [0.2, 0.25) is 0 Å². The molecule has 0 spiro atoms. The summed E-state index contributed by atoms with van der Waals surface area (Å²) >= 11 is 0. The molecule has 0 aromatic carbocycles. The van der Waals surface area contributed by atoms with Crippen LogP contribution in [0.2, 0.25) is 0 Å². The maximum absolute atomic E-state index is 11.5. The molecule has 1 heterocycles. The smallest absolute Gasteiger partial charge is 0.253 e. The fourth-order valence-corrected chi connectivity index (χ4v) is 0.910. The summed E-state index contributed by atoms with van der Waals surface area (Å²) in [6, 6.07) is 3.49. The van der Waals surface area contributed by atoms with Crippen molar-refractivity contribution in [3.63, 3.8) is 0 Å². The van der Waals surface area contributed by atoms with Crippen LogP contribution in [0.25, 0.3) is 0 Å². The largest absolute Gasteiger partial charge is 0.347 e. The molecule has 0 bridgehead atoms. The fraction of sp³-hybridized carbons (Fsp3) is 0.400. The SMILES string of the molecule is CC(C)(C)NC(=O)c1cccnc1. The van der Waals surface area contributed by atoms with Crippen LogP contribution in [0, 0.1) is 0 Å². The van der Waals surface area contributed by atoms with Crippen molar-refractivity contribution in [3.8, 4) is 0 Å². The van der Waals surface area contributed by atoms with E-state index in [-0.39, 0.29) is 11.4 Å². The van der Waals surface area contributed by atoms with Crippen LogP contribution >= 0.6 is 0 Å². The van der Waals surface area contributed by atoms with Gasteiger partial charge >= 0.3 is 0 Å². The second-order valence-corrected chi connectivity index (χ2v) is 3.95. The first-order chi connectivity index (χ1) is 5.99. The van der Waals surface area contributed by atoms with E-state index in [1.54, 1.807) is 24.5 Å². The van der Waals surface area contributed by atoms with Crippen molar-refractivity contribution in [2.45, 2.75) is 26.3 Å². The minimum atomic E-state index is -0.201. The monoisotopic (exact) mass is 178 g/mol. The van der Waals surface area contributed by atoms with E-state index in [0.29, 0.717) is 5.56 Å². The maximum Gasteiger partial charge on any atom is 0.253 e. The maximum atomic E-state index is 11.5. The van der Waals surface area contributed by atoms with Crippen molar-refractivity contribution in [1.82, 2.24) is 10.3 Å². The number of carbonyl (C=O) groups is 1. The third-order valence-electron chi connectivity index (χ3n) is 1.41. The van der Waals surface area contributed by atoms with Gasteiger partial charge in [0.25, 0.3) is 5.91 Å². The minimum absolute atomic E-state index is 0.0828. The fourth-order valence-electron chi connectivity index (χ4n) is 0.910. The van der Waals surface area contributed by atoms with Crippen LogP contribution in [-0.4, -0.2) is 16.4 Å². The summed E-state index contributed by atoms with van der Waals surface area (Å²) in [5.74, 6) is -0.0828. The van der Waals surface area contributed by atoms with Crippen LogP contribution < -0.4 is 5.32 Å². The summed E-state index contributed by atoms with van der Waals surface area (Å²) in [5.41, 5.74) is 0.393. The average Bonchev–Trinajstić information content (AvgIpc) is 2.03. The van der Waals surface area contributed by atoms with Gasteiger partial charge in [0.1, 0.15) is 0 Å². The molecule has 1 aromatic rings. The van der Waals surface area contributed by atoms with E-state index in [0.717, 1.165) is 0 Å². The molecule has 13 heavy (non-hydrogen) atoms. The third kappa shape index (κ3) is 3.23. The highest BCUT2D eigenvalue weighted by molar-refractivity contribution is 5.94. The number of rotatable bonds is 1. The Morgan fingerprint density at radius 1 is 1.46 bits per heavy atom. The average molecular weight is 178 g/mol. The highest BCUT2D eigenvalue weighted by Gasteiger charge is 2.14. The Bertz CT molecular complexity index is 288. The predicted molar refractivity (Wildman–Crippen MR) is 51.5 cm³/mol. The van der Waals surface area contributed by atoms with Gasteiger partial charge in [-0.25, -0.2) is 0 Å². The molecule has 0 atom stereocenters. The highest BCUT2D eigenvalue weighted by atomic mass is 16.1. The Kier molecular flexibility index (Phi) is 2.66. The van der Waals surface area contributed by atoms with Crippen LogP contribution in [0.1, 0.15) is 31.1 Å². The Morgan fingerprint density at radius 3 is 2.62 bits per heavy atom. The summed E-state index contributed by atoms with van der Waals surface area (Å²) in [7, 11) is 0. The highest BCUT2D eigenvalue weighted by Crippen LogP contribution is 2.02. The summed E-state index contributed by atoms with van der Waals surface area (Å²) in [6.45, 7) is 5.84. The van der Waals surface area contributed by atoms with Crippen molar-refractivity contribution in [3.05, 3.63) is 30.1 Å². The van der Waals surface area contributed by atoms with E-state index in [1.165, 1.54) is 0 Å². The lowest BCUT2D eigenvalue weighted by molar-refractivity contribution is 0.0919. The van der Waals surface area contributed by atoms with Crippen molar-refractivity contribution in [2.75, 3.05) is 0 Å². The Labute approximate surface area is 78.2 Å². The zero-order valence-electron chi connectivity index (χ0n) is 8.16. The lowest BCUT2D eigenvalue weighted by Gasteiger charge is -2.20. The summed E-state index contributed by atoms with van der Waals surface area (Å²) < 4.78 is 0. The molecule has 1 amide bonds. The standard InChI is InChI=1S/C10H14N2O/c1-10(2,3)12-9(13)8-5-4-6-11-7-8/h4-7H,1-3H3,(H,12,13). The molecule has 1 N–H and O–H groups in total. The van der Waals surface area contributed by atoms with E-state index in [1.807, 2.05) is 20.8 Å². The van der Waals surface area contributed by atoms with Gasteiger partial charge in [-0.3, -0.25) is 9.78 Å². The molecule has 1 rings (SSSR count). The number of amides is 1. The summed E-state index contributed by atoms with van der Waals surface area (Å²) in [4.78, 5) is 15.4. The number of carbonyl (C=O) groups excluding carboxylic acids is 1. The summed E-state index contributed by atoms with van der Waals surface area (Å²) in [5, 5.41) is 2.86. The van der Waals surface area contributed by atoms with Gasteiger partial charge in [0.15, 0.2) is 0 Å². The molecule has 3 nitrogen and oxygen atoms in total. The third-order valence-corrected chi connectivity index (χ3v) is 1.41. The zero-order valence-corrected chi connectivity index (χ0v) is 8.16. The molecule has 0 aliphatic heterocycles. The number of hydrogen-bond acceptors (Lipinski definition) is 2. The normalized spacial score (nSPS) is 11.0. The summed E-state index contributed by atoms with van der Waals surface area (Å²) in [6.07, 6.45) is 3.20. The van der Waals surface area contributed by atoms with Crippen molar-refractivity contribution < 1.29 is 4.79 Å². The molecule has 0 aliphatic rings. The van der Waals surface area contributed by atoms with Crippen molar-refractivity contribution in [2.24, 2.45) is 0 Å². The molecule has 0 saturated heterocycles. The predicted octanol–water partition coefficient (Wildman–Crippen LogP) is 1.61. The molecular formula is C10H14N2O. The molecule has 0 saturated carbocycles. The Morgan fingerprint density at radius 2 is 2.15 bits per heavy atom. The van der Waals surface area contributed by atoms with Gasteiger partial charge < -0.3 is 5.32 Å². The molecule has 0 unspecified atom stereocenters. The molecule has 1 aromatic heterocycles. The molecule has 3 heteroatoms. The van der Waals surface area contributed by atoms with Crippen LogP contribution in [0.3, 0.4) is 0 Å². The van der Waals surface area contributed by atoms with Crippen LogP contribution in [-0.2, 0) is 0 Å². The van der Waals surface area contributed by atoms with Crippen LogP contribution in [0.4, 0.5) is 0 Å². The van der Waals surface area contributed by atoms with Gasteiger partial charge in [-0.05, 0) is 32.9 Å². The number of nitrogens with one attached hydrogen (secondary N) is 1. The lowest BCUT2D eigenvalue weighted by Crippen LogP contribution is -2.40. The molecule has 0 fully saturated rings. The Hall–Kier alpha value is -1.38. The van der Waals surface area contributed by atoms with E-state index in [9.17, 15) is 4.79 Å². The zero-order chi connectivity index (χ0) is 9.90. The van der Waals surface area contributed by atoms with E-state index in [4.69, 9.17) is 0 Å². The minimum Gasteiger partial charge on any atom is -0.347 e. The number of aromatic nitrogens is 1. The second kappa shape index (κ2) is 3.56. The van der Waals surface area contributed by atoms with Crippen molar-refractivity contribution >= 4 is 5.91 Å². The molecule has 0 radical (unpaired) electrons. The molecular weight excluding hydrogens is 164 g/mol. The lowest BCUT2D eigenvalue weighted by atomic mass is 10.1. The topological polar surface area (TPSA) is 42.0 Å². The van der Waals surface area contributed by atoms with Crippen LogP contribution in [0.15, 0.2) is 24.5 Å². The number of pyridine rings is 1. The van der Waals surface area contributed by atoms with Gasteiger partial charge in [0, 0.05) is 17.9 Å². The molecule has 0 aliphatic carbocycles. The van der Waals surface area contributed by atoms with Crippen molar-refractivity contribution in [1.29, 1.82) is 0 Å². The van der Waals surface area contributed by atoms with E-state index in [2.05, 4.69) is 10.3 Å². The first-order valence-corrected chi connectivity index (χ1v) is 4.21. The van der Waals surface area contributed by atoms with Gasteiger partial charge in [-0.2, -0.15) is 0 Å². The van der Waals surface area contributed by atoms with Gasteiger partial charge in [-0.15, -0.1) is 0 Å². The Balaban J connectivity index is 2.71. The van der Waals surface area contributed by atoms with Gasteiger partial charge in [-0.1, -0.05) is 0 Å². The number of hydrogen-bond donors (Lipinski definition) is 1.